The lowest BCUT2D eigenvalue weighted by molar-refractivity contribution is 0.575. The standard InChI is InChI=1S/C6H8Br4/c7-3-1-4(8)6(10)2-5(3)9/h3-6H,1-2H2/t3-,4-,5-,6-/m1/s1. The SMILES string of the molecule is Br[C@@H]1C[C@@H](Br)[C@H](Br)C[C@H]1Br. The Labute approximate surface area is 95.0 Å². The predicted octanol–water partition coefficient (Wildman–Crippen LogP) is 3.83. The number of hydrogen-bond acceptors (Lipinski definition) is 0. The molecule has 10 heavy (non-hydrogen) atoms. The third kappa shape index (κ3) is 2.46. The number of halogens is 4. The Morgan fingerprint density at radius 1 is 0.600 bits per heavy atom. The first-order valence-electron chi connectivity index (χ1n) is 3.17. The molecule has 1 saturated carbocycles. The van der Waals surface area contributed by atoms with Crippen molar-refractivity contribution < 1.29 is 0 Å². The van der Waals surface area contributed by atoms with E-state index in [2.05, 4.69) is 63.7 Å². The number of rotatable bonds is 0. The van der Waals surface area contributed by atoms with Gasteiger partial charge in [0.15, 0.2) is 0 Å². The van der Waals surface area contributed by atoms with Gasteiger partial charge < -0.3 is 0 Å². The zero-order chi connectivity index (χ0) is 7.72. The van der Waals surface area contributed by atoms with E-state index in [1.165, 1.54) is 12.8 Å². The van der Waals surface area contributed by atoms with Crippen LogP contribution in [0, 0.1) is 0 Å². The maximum absolute atomic E-state index is 3.62. The topological polar surface area (TPSA) is 0 Å². The maximum Gasteiger partial charge on any atom is 0.0282 e. The summed E-state index contributed by atoms with van der Waals surface area (Å²) in [6, 6.07) is 0. The zero-order valence-corrected chi connectivity index (χ0v) is 11.6. The molecule has 4 heteroatoms. The van der Waals surface area contributed by atoms with Crippen LogP contribution in [0.5, 0.6) is 0 Å². The third-order valence-electron chi connectivity index (χ3n) is 1.69. The minimum absolute atomic E-state index is 0.616. The van der Waals surface area contributed by atoms with Crippen LogP contribution in [0.2, 0.25) is 0 Å². The van der Waals surface area contributed by atoms with Gasteiger partial charge in [0.25, 0.3) is 0 Å². The number of hydrogen-bond donors (Lipinski definition) is 0. The lowest BCUT2D eigenvalue weighted by Crippen LogP contribution is -2.33. The second-order valence-electron chi connectivity index (χ2n) is 2.54. The minimum atomic E-state index is 0.616. The van der Waals surface area contributed by atoms with E-state index in [-0.39, 0.29) is 0 Å². The third-order valence-corrected chi connectivity index (χ3v) is 7.15. The van der Waals surface area contributed by atoms with Crippen molar-refractivity contribution >= 4 is 63.7 Å². The molecule has 1 fully saturated rings. The largest absolute Gasteiger partial charge is 0.0878 e. The summed E-state index contributed by atoms with van der Waals surface area (Å²) < 4.78 is 0. The molecule has 1 aliphatic rings. The molecular formula is C6H8Br4. The highest BCUT2D eigenvalue weighted by molar-refractivity contribution is 9.13. The predicted molar refractivity (Wildman–Crippen MR) is 60.1 cm³/mol. The van der Waals surface area contributed by atoms with Gasteiger partial charge in [-0.15, -0.1) is 0 Å². The van der Waals surface area contributed by atoms with Gasteiger partial charge in [-0.3, -0.25) is 0 Å². The van der Waals surface area contributed by atoms with Crippen LogP contribution in [0.4, 0.5) is 0 Å². The van der Waals surface area contributed by atoms with E-state index in [0.29, 0.717) is 19.3 Å². The van der Waals surface area contributed by atoms with E-state index < -0.39 is 0 Å². The van der Waals surface area contributed by atoms with Crippen molar-refractivity contribution in [3.05, 3.63) is 0 Å². The molecule has 60 valence electrons. The molecule has 0 radical (unpaired) electrons. The molecule has 0 aromatic carbocycles. The van der Waals surface area contributed by atoms with Gasteiger partial charge in [0.05, 0.1) is 0 Å². The smallest absolute Gasteiger partial charge is 0.0282 e. The van der Waals surface area contributed by atoms with E-state index in [0.717, 1.165) is 0 Å². The summed E-state index contributed by atoms with van der Waals surface area (Å²) in [4.78, 5) is 2.47. The Balaban J connectivity index is 2.46. The van der Waals surface area contributed by atoms with Crippen LogP contribution < -0.4 is 0 Å². The second-order valence-corrected chi connectivity index (χ2v) is 7.24. The van der Waals surface area contributed by atoms with Crippen molar-refractivity contribution in [3.8, 4) is 0 Å². The van der Waals surface area contributed by atoms with Crippen molar-refractivity contribution in [1.82, 2.24) is 0 Å². The Morgan fingerprint density at radius 3 is 1.00 bits per heavy atom. The van der Waals surface area contributed by atoms with E-state index in [1.807, 2.05) is 0 Å². The van der Waals surface area contributed by atoms with Crippen molar-refractivity contribution in [2.24, 2.45) is 0 Å². The van der Waals surface area contributed by atoms with Crippen molar-refractivity contribution in [1.29, 1.82) is 0 Å². The molecule has 0 amide bonds. The fourth-order valence-corrected chi connectivity index (χ4v) is 4.50. The minimum Gasteiger partial charge on any atom is -0.0878 e. The molecule has 0 aliphatic heterocycles. The molecule has 0 N–H and O–H groups in total. The summed E-state index contributed by atoms with van der Waals surface area (Å²) in [6.07, 6.45) is 2.37. The summed E-state index contributed by atoms with van der Waals surface area (Å²) in [7, 11) is 0. The highest BCUT2D eigenvalue weighted by atomic mass is 79.9. The molecular weight excluding hydrogens is 392 g/mol. The van der Waals surface area contributed by atoms with Gasteiger partial charge in [0.1, 0.15) is 0 Å². The van der Waals surface area contributed by atoms with Gasteiger partial charge >= 0.3 is 0 Å². The normalized spacial score (nSPS) is 49.2. The van der Waals surface area contributed by atoms with E-state index in [9.17, 15) is 0 Å². The molecule has 1 aliphatic carbocycles. The highest BCUT2D eigenvalue weighted by Crippen LogP contribution is 2.37. The monoisotopic (exact) mass is 396 g/mol. The van der Waals surface area contributed by atoms with Crippen LogP contribution in [0.15, 0.2) is 0 Å². The van der Waals surface area contributed by atoms with Crippen LogP contribution in [0.3, 0.4) is 0 Å². The van der Waals surface area contributed by atoms with Gasteiger partial charge in [-0.05, 0) is 12.8 Å². The molecule has 4 atom stereocenters. The summed E-state index contributed by atoms with van der Waals surface area (Å²) in [5.74, 6) is 0. The quantitative estimate of drug-likeness (QED) is 0.543. The molecule has 0 heterocycles. The Morgan fingerprint density at radius 2 is 0.800 bits per heavy atom. The van der Waals surface area contributed by atoms with Crippen LogP contribution in [0.1, 0.15) is 12.8 Å². The Kier molecular flexibility index (Phi) is 4.24. The Bertz CT molecular complexity index is 90.3. The van der Waals surface area contributed by atoms with Gasteiger partial charge in [0, 0.05) is 19.3 Å². The van der Waals surface area contributed by atoms with Gasteiger partial charge in [-0.2, -0.15) is 0 Å². The van der Waals surface area contributed by atoms with Crippen LogP contribution in [-0.4, -0.2) is 19.3 Å². The molecule has 0 spiro atoms. The molecule has 0 unspecified atom stereocenters. The summed E-state index contributed by atoms with van der Waals surface area (Å²) in [5.41, 5.74) is 0. The average molecular weight is 400 g/mol. The fraction of sp³-hybridized carbons (Fsp3) is 1.00. The first-order valence-corrected chi connectivity index (χ1v) is 6.84. The van der Waals surface area contributed by atoms with E-state index in [4.69, 9.17) is 0 Å². The molecule has 1 rings (SSSR count). The summed E-state index contributed by atoms with van der Waals surface area (Å²) >= 11 is 14.5. The van der Waals surface area contributed by atoms with E-state index in [1.54, 1.807) is 0 Å². The van der Waals surface area contributed by atoms with Gasteiger partial charge in [-0.1, -0.05) is 63.7 Å². The lowest BCUT2D eigenvalue weighted by atomic mass is 10.0. The van der Waals surface area contributed by atoms with Gasteiger partial charge in [0.2, 0.25) is 0 Å². The van der Waals surface area contributed by atoms with Crippen LogP contribution in [-0.2, 0) is 0 Å². The van der Waals surface area contributed by atoms with Crippen molar-refractivity contribution in [3.63, 3.8) is 0 Å². The van der Waals surface area contributed by atoms with E-state index >= 15 is 0 Å². The van der Waals surface area contributed by atoms with Crippen molar-refractivity contribution in [2.75, 3.05) is 0 Å². The highest BCUT2D eigenvalue weighted by Gasteiger charge is 2.31. The van der Waals surface area contributed by atoms with Crippen molar-refractivity contribution in [2.45, 2.75) is 32.2 Å². The fourth-order valence-electron chi connectivity index (χ4n) is 1.02. The molecule has 0 aromatic rings. The lowest BCUT2D eigenvalue weighted by Gasteiger charge is -2.30. The molecule has 0 aromatic heterocycles. The Hall–Kier alpha value is 1.92. The summed E-state index contributed by atoms with van der Waals surface area (Å²) in [6.45, 7) is 0. The van der Waals surface area contributed by atoms with Gasteiger partial charge in [-0.25, -0.2) is 0 Å². The second kappa shape index (κ2) is 4.24. The van der Waals surface area contributed by atoms with Crippen LogP contribution >= 0.6 is 63.7 Å². The zero-order valence-electron chi connectivity index (χ0n) is 5.24. The molecule has 0 saturated heterocycles. The maximum atomic E-state index is 3.62. The first kappa shape index (κ1) is 10.0. The molecule has 0 nitrogen and oxygen atoms in total. The first-order chi connectivity index (χ1) is 4.61. The summed E-state index contributed by atoms with van der Waals surface area (Å²) in [5, 5.41) is 0. The average Bonchev–Trinajstić information content (AvgIpc) is 1.84. The molecule has 0 bridgehead atoms. The number of alkyl halides is 4. The van der Waals surface area contributed by atoms with Crippen LogP contribution in [0.25, 0.3) is 0 Å².